The van der Waals surface area contributed by atoms with E-state index in [0.717, 1.165) is 10.9 Å². The van der Waals surface area contributed by atoms with Crippen LogP contribution in [0.4, 0.5) is 0 Å². The van der Waals surface area contributed by atoms with Gasteiger partial charge in [0.05, 0.1) is 0 Å². The molecule has 0 bridgehead atoms. The van der Waals surface area contributed by atoms with Gasteiger partial charge < -0.3 is 0 Å². The highest BCUT2D eigenvalue weighted by molar-refractivity contribution is 9.10. The number of alkyl halides is 1. The molecule has 0 N–H and O–H groups in total. The van der Waals surface area contributed by atoms with Gasteiger partial charge in [-0.1, -0.05) is 48.8 Å². The summed E-state index contributed by atoms with van der Waals surface area (Å²) in [6.07, 6.45) is 1.09. The normalized spacial score (nSPS) is 15.3. The van der Waals surface area contributed by atoms with Crippen LogP contribution in [0.25, 0.3) is 0 Å². The Morgan fingerprint density at radius 3 is 2.13 bits per heavy atom. The van der Waals surface area contributed by atoms with Crippen LogP contribution < -0.4 is 0 Å². The molecule has 0 nitrogen and oxygen atoms in total. The molecular weight excluding hydrogens is 272 g/mol. The fraction of sp³-hybridized carbons (Fsp3) is 0.538. The second-order valence-corrected chi connectivity index (χ2v) is 5.67. The molecule has 0 radical (unpaired) electrons. The molecule has 0 aromatic heterocycles. The molecule has 1 aromatic carbocycles. The van der Waals surface area contributed by atoms with E-state index in [9.17, 15) is 0 Å². The number of benzene rings is 1. The first-order valence-corrected chi connectivity index (χ1v) is 6.68. The van der Waals surface area contributed by atoms with Crippen molar-refractivity contribution in [3.8, 4) is 0 Å². The van der Waals surface area contributed by atoms with Crippen molar-refractivity contribution in [2.24, 2.45) is 5.92 Å². The Kier molecular flexibility index (Phi) is 5.14. The average molecular weight is 290 g/mol. The van der Waals surface area contributed by atoms with Crippen molar-refractivity contribution < 1.29 is 0 Å². The maximum Gasteiger partial charge on any atom is 0.0427 e. The van der Waals surface area contributed by atoms with Gasteiger partial charge in [0.15, 0.2) is 0 Å². The first-order chi connectivity index (χ1) is 7.06. The van der Waals surface area contributed by atoms with E-state index < -0.39 is 0 Å². The Hall–Kier alpha value is -0.0100. The molecule has 15 heavy (non-hydrogen) atoms. The van der Waals surface area contributed by atoms with Crippen molar-refractivity contribution >= 4 is 27.5 Å². The minimum absolute atomic E-state index is 0.219. The van der Waals surface area contributed by atoms with E-state index in [0.29, 0.717) is 11.8 Å². The van der Waals surface area contributed by atoms with Crippen molar-refractivity contribution in [2.75, 3.05) is 0 Å². The number of rotatable bonds is 4. The van der Waals surface area contributed by atoms with E-state index >= 15 is 0 Å². The predicted molar refractivity (Wildman–Crippen MR) is 71.7 cm³/mol. The summed E-state index contributed by atoms with van der Waals surface area (Å²) >= 11 is 9.89. The molecule has 0 aliphatic carbocycles. The lowest BCUT2D eigenvalue weighted by molar-refractivity contribution is 0.499. The fourth-order valence-corrected chi connectivity index (χ4v) is 2.41. The van der Waals surface area contributed by atoms with Crippen LogP contribution in [-0.2, 0) is 0 Å². The summed E-state index contributed by atoms with van der Waals surface area (Å²) in [5.74, 6) is 0.972. The zero-order valence-electron chi connectivity index (χ0n) is 9.50. The molecule has 0 saturated heterocycles. The Labute approximate surface area is 106 Å². The third-order valence-electron chi connectivity index (χ3n) is 2.76. The Morgan fingerprint density at radius 1 is 1.20 bits per heavy atom. The van der Waals surface area contributed by atoms with E-state index in [-0.39, 0.29) is 5.38 Å². The lowest BCUT2D eigenvalue weighted by Gasteiger charge is -2.24. The lowest BCUT2D eigenvalue weighted by atomic mass is 9.88. The maximum absolute atomic E-state index is 6.44. The lowest BCUT2D eigenvalue weighted by Crippen LogP contribution is -2.18. The van der Waals surface area contributed by atoms with Crippen LogP contribution in [0.2, 0.25) is 0 Å². The molecule has 1 aromatic rings. The fourth-order valence-electron chi connectivity index (χ4n) is 1.82. The summed E-state index contributed by atoms with van der Waals surface area (Å²) in [6.45, 7) is 6.56. The SMILES string of the molecule is CCC(c1ccc(Br)cc1)C(Cl)C(C)C. The summed E-state index contributed by atoms with van der Waals surface area (Å²) in [4.78, 5) is 0. The van der Waals surface area contributed by atoms with Gasteiger partial charge in [-0.3, -0.25) is 0 Å². The quantitative estimate of drug-likeness (QED) is 0.668. The van der Waals surface area contributed by atoms with Gasteiger partial charge in [0, 0.05) is 15.8 Å². The summed E-state index contributed by atoms with van der Waals surface area (Å²) < 4.78 is 1.12. The highest BCUT2D eigenvalue weighted by Crippen LogP contribution is 2.32. The maximum atomic E-state index is 6.44. The van der Waals surface area contributed by atoms with Gasteiger partial charge in [-0.25, -0.2) is 0 Å². The molecule has 2 heteroatoms. The number of halogens is 2. The van der Waals surface area contributed by atoms with E-state index in [1.54, 1.807) is 0 Å². The zero-order chi connectivity index (χ0) is 11.4. The molecule has 0 aliphatic rings. The third-order valence-corrected chi connectivity index (χ3v) is 4.10. The summed E-state index contributed by atoms with van der Waals surface area (Å²) in [7, 11) is 0. The zero-order valence-corrected chi connectivity index (χ0v) is 11.8. The van der Waals surface area contributed by atoms with Crippen LogP contribution in [0.3, 0.4) is 0 Å². The largest absolute Gasteiger partial charge is 0.122 e. The highest BCUT2D eigenvalue weighted by atomic mass is 79.9. The topological polar surface area (TPSA) is 0 Å². The van der Waals surface area contributed by atoms with Gasteiger partial charge >= 0.3 is 0 Å². The van der Waals surface area contributed by atoms with Gasteiger partial charge in [-0.2, -0.15) is 0 Å². The molecule has 0 fully saturated rings. The second kappa shape index (κ2) is 5.91. The molecule has 84 valence electrons. The van der Waals surface area contributed by atoms with Crippen molar-refractivity contribution in [1.82, 2.24) is 0 Å². The first kappa shape index (κ1) is 13.1. The van der Waals surface area contributed by atoms with Crippen LogP contribution in [0.5, 0.6) is 0 Å². The van der Waals surface area contributed by atoms with Crippen LogP contribution in [0.1, 0.15) is 38.7 Å². The minimum Gasteiger partial charge on any atom is -0.122 e. The Balaban J connectivity index is 2.87. The van der Waals surface area contributed by atoms with Gasteiger partial charge in [0.2, 0.25) is 0 Å². The van der Waals surface area contributed by atoms with Crippen molar-refractivity contribution in [3.05, 3.63) is 34.3 Å². The predicted octanol–water partition coefficient (Wildman–Crippen LogP) is 5.21. The molecule has 0 aliphatic heterocycles. The monoisotopic (exact) mass is 288 g/mol. The van der Waals surface area contributed by atoms with Crippen molar-refractivity contribution in [1.29, 1.82) is 0 Å². The molecule has 0 saturated carbocycles. The Bertz CT molecular complexity index is 292. The number of hydrogen-bond donors (Lipinski definition) is 0. The van der Waals surface area contributed by atoms with E-state index in [1.165, 1.54) is 5.56 Å². The molecule has 2 unspecified atom stereocenters. The Morgan fingerprint density at radius 2 is 1.73 bits per heavy atom. The van der Waals surface area contributed by atoms with Crippen LogP contribution in [0.15, 0.2) is 28.7 Å². The van der Waals surface area contributed by atoms with Gasteiger partial charge in [-0.05, 0) is 30.0 Å². The third kappa shape index (κ3) is 3.49. The highest BCUT2D eigenvalue weighted by Gasteiger charge is 2.22. The molecule has 0 spiro atoms. The van der Waals surface area contributed by atoms with Gasteiger partial charge in [-0.15, -0.1) is 11.6 Å². The smallest absolute Gasteiger partial charge is 0.0427 e. The van der Waals surface area contributed by atoms with Crippen molar-refractivity contribution in [2.45, 2.75) is 38.5 Å². The molecular formula is C13H18BrCl. The minimum atomic E-state index is 0.219. The van der Waals surface area contributed by atoms with E-state index in [4.69, 9.17) is 11.6 Å². The van der Waals surface area contributed by atoms with Gasteiger partial charge in [0.1, 0.15) is 0 Å². The number of hydrogen-bond acceptors (Lipinski definition) is 0. The van der Waals surface area contributed by atoms with Gasteiger partial charge in [0.25, 0.3) is 0 Å². The molecule has 0 amide bonds. The van der Waals surface area contributed by atoms with Crippen LogP contribution in [0, 0.1) is 5.92 Å². The summed E-state index contributed by atoms with van der Waals surface area (Å²) in [6, 6.07) is 8.50. The molecule has 2 atom stereocenters. The molecule has 0 heterocycles. The standard InChI is InChI=1S/C13H18BrCl/c1-4-12(13(15)9(2)3)10-5-7-11(14)8-6-10/h5-9,12-13H,4H2,1-3H3. The summed E-state index contributed by atoms with van der Waals surface area (Å²) in [5, 5.41) is 0.219. The van der Waals surface area contributed by atoms with Crippen molar-refractivity contribution in [3.63, 3.8) is 0 Å². The van der Waals surface area contributed by atoms with E-state index in [2.05, 4.69) is 61.0 Å². The van der Waals surface area contributed by atoms with Crippen LogP contribution >= 0.6 is 27.5 Å². The van der Waals surface area contributed by atoms with E-state index in [1.807, 2.05) is 0 Å². The average Bonchev–Trinajstić information content (AvgIpc) is 2.21. The molecule has 1 rings (SSSR count). The first-order valence-electron chi connectivity index (χ1n) is 5.45. The second-order valence-electron chi connectivity index (χ2n) is 4.25. The summed E-state index contributed by atoms with van der Waals surface area (Å²) in [5.41, 5.74) is 1.34. The van der Waals surface area contributed by atoms with Crippen LogP contribution in [-0.4, -0.2) is 5.38 Å².